The molecule has 1 aliphatic heterocycles. The number of ether oxygens (including phenoxy) is 3. The summed E-state index contributed by atoms with van der Waals surface area (Å²) in [5.74, 6) is 1.10. The molecule has 0 bridgehead atoms. The van der Waals surface area contributed by atoms with Gasteiger partial charge in [-0.05, 0) is 49.1 Å². The van der Waals surface area contributed by atoms with Crippen LogP contribution in [-0.4, -0.2) is 48.8 Å². The van der Waals surface area contributed by atoms with Crippen LogP contribution in [0.4, 0.5) is 0 Å². The minimum Gasteiger partial charge on any atom is -0.493 e. The quantitative estimate of drug-likeness (QED) is 0.715. The fourth-order valence-corrected chi connectivity index (χ4v) is 3.13. The van der Waals surface area contributed by atoms with E-state index in [-0.39, 0.29) is 18.6 Å². The molecule has 1 aromatic carbocycles. The Bertz CT molecular complexity index is 745. The monoisotopic (exact) mass is 370 g/mol. The molecule has 27 heavy (non-hydrogen) atoms. The van der Waals surface area contributed by atoms with Gasteiger partial charge in [0.25, 0.3) is 5.91 Å². The maximum atomic E-state index is 12.9. The number of hydrogen-bond donors (Lipinski definition) is 0. The molecule has 0 N–H and O–H groups in total. The molecule has 1 amide bonds. The molecule has 3 rings (SSSR count). The first kappa shape index (κ1) is 19.2. The van der Waals surface area contributed by atoms with E-state index in [9.17, 15) is 4.79 Å². The SMILES string of the molecule is COc1cc(C)ccc1OCC(=O)N(Cc1cccnc1)CC1CCCO1. The molecule has 0 spiro atoms. The van der Waals surface area contributed by atoms with Gasteiger partial charge in [0.05, 0.1) is 13.2 Å². The molecule has 0 aliphatic carbocycles. The van der Waals surface area contributed by atoms with Crippen LogP contribution >= 0.6 is 0 Å². The zero-order chi connectivity index (χ0) is 19.1. The van der Waals surface area contributed by atoms with E-state index in [1.54, 1.807) is 24.4 Å². The largest absolute Gasteiger partial charge is 0.493 e. The molecular weight excluding hydrogens is 344 g/mol. The Kier molecular flexibility index (Phi) is 6.65. The van der Waals surface area contributed by atoms with Gasteiger partial charge in [-0.25, -0.2) is 0 Å². The van der Waals surface area contributed by atoms with Gasteiger partial charge < -0.3 is 19.1 Å². The zero-order valence-corrected chi connectivity index (χ0v) is 15.9. The van der Waals surface area contributed by atoms with Gasteiger partial charge in [0, 0.05) is 32.1 Å². The summed E-state index contributed by atoms with van der Waals surface area (Å²) in [6, 6.07) is 9.49. The maximum Gasteiger partial charge on any atom is 0.260 e. The van der Waals surface area contributed by atoms with Gasteiger partial charge in [0.1, 0.15) is 0 Å². The van der Waals surface area contributed by atoms with Gasteiger partial charge >= 0.3 is 0 Å². The summed E-state index contributed by atoms with van der Waals surface area (Å²) in [5, 5.41) is 0. The second kappa shape index (κ2) is 9.37. The standard InChI is InChI=1S/C21H26N2O4/c1-16-7-8-19(20(11-16)25-2)27-15-21(24)23(14-18-6-4-10-26-18)13-17-5-3-9-22-12-17/h3,5,7-9,11-12,18H,4,6,10,13-15H2,1-2H3. The lowest BCUT2D eigenvalue weighted by Gasteiger charge is -2.25. The number of hydrogen-bond acceptors (Lipinski definition) is 5. The molecule has 1 aromatic heterocycles. The van der Waals surface area contributed by atoms with Crippen molar-refractivity contribution in [3.05, 3.63) is 53.9 Å². The number of carbonyl (C=O) groups excluding carboxylic acids is 1. The second-order valence-corrected chi connectivity index (χ2v) is 6.71. The fourth-order valence-electron chi connectivity index (χ4n) is 3.13. The van der Waals surface area contributed by atoms with E-state index in [0.717, 1.165) is 30.6 Å². The van der Waals surface area contributed by atoms with Crippen molar-refractivity contribution in [2.75, 3.05) is 26.9 Å². The van der Waals surface area contributed by atoms with E-state index < -0.39 is 0 Å². The number of aryl methyl sites for hydroxylation is 1. The average molecular weight is 370 g/mol. The molecule has 0 radical (unpaired) electrons. The molecule has 6 heteroatoms. The Morgan fingerprint density at radius 3 is 2.93 bits per heavy atom. The fraction of sp³-hybridized carbons (Fsp3) is 0.429. The smallest absolute Gasteiger partial charge is 0.260 e. The number of pyridine rings is 1. The normalized spacial score (nSPS) is 16.1. The molecule has 144 valence electrons. The van der Waals surface area contributed by atoms with Crippen LogP contribution < -0.4 is 9.47 Å². The predicted octanol–water partition coefficient (Wildman–Crippen LogP) is 2.99. The number of amides is 1. The third-order valence-electron chi connectivity index (χ3n) is 4.57. The summed E-state index contributed by atoms with van der Waals surface area (Å²) in [7, 11) is 1.59. The molecular formula is C21H26N2O4. The molecule has 6 nitrogen and oxygen atoms in total. The van der Waals surface area contributed by atoms with Gasteiger partial charge in [-0.2, -0.15) is 0 Å². The minimum atomic E-state index is -0.0861. The van der Waals surface area contributed by atoms with Crippen LogP contribution in [0.2, 0.25) is 0 Å². The number of aromatic nitrogens is 1. The van der Waals surface area contributed by atoms with Gasteiger partial charge in [0.15, 0.2) is 18.1 Å². The lowest BCUT2D eigenvalue weighted by Crippen LogP contribution is -2.39. The van der Waals surface area contributed by atoms with E-state index in [0.29, 0.717) is 24.6 Å². The van der Waals surface area contributed by atoms with Crippen LogP contribution in [0.25, 0.3) is 0 Å². The Hall–Kier alpha value is -2.60. The van der Waals surface area contributed by atoms with E-state index >= 15 is 0 Å². The van der Waals surface area contributed by atoms with Crippen molar-refractivity contribution in [3.63, 3.8) is 0 Å². The van der Waals surface area contributed by atoms with Crippen LogP contribution in [0, 0.1) is 6.92 Å². The molecule has 1 atom stereocenters. The number of methoxy groups -OCH3 is 1. The first-order valence-corrected chi connectivity index (χ1v) is 9.21. The third-order valence-corrected chi connectivity index (χ3v) is 4.57. The summed E-state index contributed by atoms with van der Waals surface area (Å²) >= 11 is 0. The number of carbonyl (C=O) groups is 1. The Balaban J connectivity index is 1.66. The van der Waals surface area contributed by atoms with Crippen LogP contribution in [0.5, 0.6) is 11.5 Å². The first-order chi connectivity index (χ1) is 13.2. The van der Waals surface area contributed by atoms with Crippen molar-refractivity contribution in [3.8, 4) is 11.5 Å². The highest BCUT2D eigenvalue weighted by Crippen LogP contribution is 2.27. The lowest BCUT2D eigenvalue weighted by atomic mass is 10.2. The number of benzene rings is 1. The van der Waals surface area contributed by atoms with Gasteiger partial charge in [0.2, 0.25) is 0 Å². The summed E-state index contributed by atoms with van der Waals surface area (Å²) in [6.07, 6.45) is 5.60. The highest BCUT2D eigenvalue weighted by atomic mass is 16.5. The Morgan fingerprint density at radius 1 is 1.33 bits per heavy atom. The van der Waals surface area contributed by atoms with Crippen molar-refractivity contribution < 1.29 is 19.0 Å². The Morgan fingerprint density at radius 2 is 2.22 bits per heavy atom. The van der Waals surface area contributed by atoms with Gasteiger partial charge in [-0.3, -0.25) is 9.78 Å². The summed E-state index contributed by atoms with van der Waals surface area (Å²) < 4.78 is 16.8. The minimum absolute atomic E-state index is 0.0492. The van der Waals surface area contributed by atoms with Crippen LogP contribution in [-0.2, 0) is 16.1 Å². The summed E-state index contributed by atoms with van der Waals surface area (Å²) in [6.45, 7) is 3.74. The molecule has 2 aromatic rings. The topological polar surface area (TPSA) is 60.9 Å². The molecule has 1 fully saturated rings. The van der Waals surface area contributed by atoms with Gasteiger partial charge in [-0.1, -0.05) is 12.1 Å². The van der Waals surface area contributed by atoms with Crippen LogP contribution in [0.3, 0.4) is 0 Å². The highest BCUT2D eigenvalue weighted by Gasteiger charge is 2.23. The second-order valence-electron chi connectivity index (χ2n) is 6.71. The Labute approximate surface area is 160 Å². The number of nitrogens with zero attached hydrogens (tertiary/aromatic N) is 2. The maximum absolute atomic E-state index is 12.9. The van der Waals surface area contributed by atoms with Crippen LogP contribution in [0.1, 0.15) is 24.0 Å². The number of rotatable bonds is 8. The molecule has 1 saturated heterocycles. The first-order valence-electron chi connectivity index (χ1n) is 9.21. The van der Waals surface area contributed by atoms with Crippen molar-refractivity contribution in [1.82, 2.24) is 9.88 Å². The van der Waals surface area contributed by atoms with E-state index in [1.165, 1.54) is 0 Å². The van der Waals surface area contributed by atoms with Crippen molar-refractivity contribution in [2.45, 2.75) is 32.4 Å². The van der Waals surface area contributed by atoms with Crippen molar-refractivity contribution in [1.29, 1.82) is 0 Å². The average Bonchev–Trinajstić information content (AvgIpc) is 3.20. The lowest BCUT2D eigenvalue weighted by molar-refractivity contribution is -0.135. The van der Waals surface area contributed by atoms with Crippen LogP contribution in [0.15, 0.2) is 42.7 Å². The summed E-state index contributed by atoms with van der Waals surface area (Å²) in [4.78, 5) is 18.8. The molecule has 1 aliphatic rings. The van der Waals surface area contributed by atoms with E-state index in [1.807, 2.05) is 37.3 Å². The van der Waals surface area contributed by atoms with E-state index in [4.69, 9.17) is 14.2 Å². The van der Waals surface area contributed by atoms with Crippen molar-refractivity contribution in [2.24, 2.45) is 0 Å². The molecule has 0 saturated carbocycles. The highest BCUT2D eigenvalue weighted by molar-refractivity contribution is 5.78. The molecule has 2 heterocycles. The van der Waals surface area contributed by atoms with E-state index in [2.05, 4.69) is 4.98 Å². The van der Waals surface area contributed by atoms with Crippen molar-refractivity contribution >= 4 is 5.91 Å². The summed E-state index contributed by atoms with van der Waals surface area (Å²) in [5.41, 5.74) is 2.05. The van der Waals surface area contributed by atoms with Gasteiger partial charge in [-0.15, -0.1) is 0 Å². The molecule has 1 unspecified atom stereocenters. The zero-order valence-electron chi connectivity index (χ0n) is 15.9. The predicted molar refractivity (Wildman–Crippen MR) is 102 cm³/mol. The third kappa shape index (κ3) is 5.44.